The van der Waals surface area contributed by atoms with Crippen LogP contribution in [0.15, 0.2) is 54.6 Å². The number of aryl methyl sites for hydroxylation is 1. The van der Waals surface area contributed by atoms with Gasteiger partial charge in [0.25, 0.3) is 0 Å². The Morgan fingerprint density at radius 2 is 1.65 bits per heavy atom. The Kier molecular flexibility index (Phi) is 6.24. The first-order chi connectivity index (χ1) is 12.6. The molecule has 26 heavy (non-hydrogen) atoms. The maximum Gasteiger partial charge on any atom is 0.229 e. The number of hydrogen-bond donors (Lipinski definition) is 3. The van der Waals surface area contributed by atoms with E-state index in [1.54, 1.807) is 24.3 Å². The Morgan fingerprint density at radius 1 is 0.962 bits per heavy atom. The number of hydrogen-bond acceptors (Lipinski definition) is 6. The van der Waals surface area contributed by atoms with E-state index in [0.717, 1.165) is 11.1 Å². The highest BCUT2D eigenvalue weighted by atomic mass is 16.7. The minimum Gasteiger partial charge on any atom is -0.462 e. The van der Waals surface area contributed by atoms with Gasteiger partial charge in [-0.1, -0.05) is 48.0 Å². The van der Waals surface area contributed by atoms with E-state index >= 15 is 0 Å². The van der Waals surface area contributed by atoms with Gasteiger partial charge in [-0.25, -0.2) is 0 Å². The lowest BCUT2D eigenvalue weighted by atomic mass is 9.99. The van der Waals surface area contributed by atoms with Crippen LogP contribution in [0, 0.1) is 6.92 Å². The summed E-state index contributed by atoms with van der Waals surface area (Å²) in [5.41, 5.74) is 2.05. The minimum absolute atomic E-state index is 0.218. The fourth-order valence-electron chi connectivity index (χ4n) is 2.86. The molecule has 140 valence electrons. The first-order valence-corrected chi connectivity index (χ1v) is 8.60. The fraction of sp³-hybridized carbons (Fsp3) is 0.400. The van der Waals surface area contributed by atoms with Crippen LogP contribution in [0.4, 0.5) is 0 Å². The summed E-state index contributed by atoms with van der Waals surface area (Å²) in [6.07, 6.45) is -5.29. The zero-order valence-corrected chi connectivity index (χ0v) is 14.6. The van der Waals surface area contributed by atoms with Gasteiger partial charge in [0.2, 0.25) is 6.29 Å². The van der Waals surface area contributed by atoms with E-state index in [1.165, 1.54) is 0 Å². The van der Waals surface area contributed by atoms with Crippen molar-refractivity contribution in [2.75, 3.05) is 6.61 Å². The second-order valence-electron chi connectivity index (χ2n) is 6.40. The highest BCUT2D eigenvalue weighted by Gasteiger charge is 2.46. The van der Waals surface area contributed by atoms with Crippen LogP contribution in [0.1, 0.15) is 11.1 Å². The third-order valence-corrected chi connectivity index (χ3v) is 4.38. The summed E-state index contributed by atoms with van der Waals surface area (Å²) in [6, 6.07) is 16.7. The Morgan fingerprint density at radius 3 is 2.31 bits per heavy atom. The number of aliphatic hydroxyl groups excluding tert-OH is 3. The average molecular weight is 360 g/mol. The van der Waals surface area contributed by atoms with Crippen LogP contribution in [0.25, 0.3) is 0 Å². The Balaban J connectivity index is 1.70. The molecule has 1 heterocycles. The second kappa shape index (κ2) is 8.62. The maximum atomic E-state index is 10.6. The largest absolute Gasteiger partial charge is 0.462 e. The van der Waals surface area contributed by atoms with Gasteiger partial charge in [0.1, 0.15) is 30.2 Å². The minimum atomic E-state index is -1.21. The number of para-hydroxylation sites is 1. The van der Waals surface area contributed by atoms with Crippen molar-refractivity contribution < 1.29 is 29.5 Å². The fourth-order valence-corrected chi connectivity index (χ4v) is 2.86. The van der Waals surface area contributed by atoms with Crippen molar-refractivity contribution >= 4 is 0 Å². The van der Waals surface area contributed by atoms with Crippen molar-refractivity contribution in [3.05, 3.63) is 65.7 Å². The molecular weight excluding hydrogens is 336 g/mol. The van der Waals surface area contributed by atoms with Crippen molar-refractivity contribution in [3.8, 4) is 5.75 Å². The molecule has 1 saturated heterocycles. The smallest absolute Gasteiger partial charge is 0.229 e. The van der Waals surface area contributed by atoms with E-state index in [2.05, 4.69) is 0 Å². The highest BCUT2D eigenvalue weighted by molar-refractivity contribution is 5.22. The van der Waals surface area contributed by atoms with Crippen LogP contribution >= 0.6 is 0 Å². The molecule has 0 spiro atoms. The van der Waals surface area contributed by atoms with Gasteiger partial charge in [0.15, 0.2) is 0 Å². The van der Waals surface area contributed by atoms with E-state index in [-0.39, 0.29) is 6.61 Å². The molecule has 3 N–H and O–H groups in total. The Hall–Kier alpha value is -1.96. The van der Waals surface area contributed by atoms with Crippen molar-refractivity contribution in [3.63, 3.8) is 0 Å². The predicted octanol–water partition coefficient (Wildman–Crippen LogP) is 1.40. The first kappa shape index (κ1) is 18.8. The van der Waals surface area contributed by atoms with Crippen LogP contribution in [-0.4, -0.2) is 52.6 Å². The normalized spacial score (nSPS) is 28.7. The summed E-state index contributed by atoms with van der Waals surface area (Å²) < 4.78 is 16.9. The van der Waals surface area contributed by atoms with E-state index in [9.17, 15) is 15.3 Å². The number of aliphatic hydroxyl groups is 3. The van der Waals surface area contributed by atoms with Gasteiger partial charge in [-0.05, 0) is 24.6 Å². The van der Waals surface area contributed by atoms with Crippen molar-refractivity contribution in [1.29, 1.82) is 0 Å². The monoisotopic (exact) mass is 360 g/mol. The van der Waals surface area contributed by atoms with Gasteiger partial charge in [0, 0.05) is 0 Å². The van der Waals surface area contributed by atoms with Crippen LogP contribution in [-0.2, 0) is 16.1 Å². The lowest BCUT2D eigenvalue weighted by molar-refractivity contribution is -0.287. The molecule has 0 unspecified atom stereocenters. The summed E-state index contributed by atoms with van der Waals surface area (Å²) in [5.74, 6) is 0.516. The van der Waals surface area contributed by atoms with Crippen LogP contribution < -0.4 is 4.74 Å². The van der Waals surface area contributed by atoms with E-state index in [0.29, 0.717) is 5.75 Å². The predicted molar refractivity (Wildman–Crippen MR) is 94.6 cm³/mol. The van der Waals surface area contributed by atoms with E-state index in [4.69, 9.17) is 14.2 Å². The zero-order chi connectivity index (χ0) is 18.5. The zero-order valence-electron chi connectivity index (χ0n) is 14.6. The van der Waals surface area contributed by atoms with Crippen molar-refractivity contribution in [1.82, 2.24) is 0 Å². The number of benzene rings is 2. The molecule has 0 saturated carbocycles. The lowest BCUT2D eigenvalue weighted by Gasteiger charge is -2.41. The van der Waals surface area contributed by atoms with Gasteiger partial charge in [0.05, 0.1) is 13.2 Å². The molecular formula is C20H24O6. The molecule has 2 aromatic rings. The summed E-state index contributed by atoms with van der Waals surface area (Å²) in [5, 5.41) is 30.4. The van der Waals surface area contributed by atoms with Crippen LogP contribution in [0.2, 0.25) is 0 Å². The third kappa shape index (κ3) is 4.41. The standard InChI is InChI=1S/C20H24O6/c1-13-7-9-14(10-8-13)12-24-19-17(22)16(11-21)26-20(18(19)23)25-15-5-3-2-4-6-15/h2-10,16-23H,11-12H2,1H3/t16-,17-,18-,19+,20-/m1/s1. The van der Waals surface area contributed by atoms with Crippen LogP contribution in [0.5, 0.6) is 5.75 Å². The topological polar surface area (TPSA) is 88.4 Å². The molecule has 0 radical (unpaired) electrons. The second-order valence-corrected chi connectivity index (χ2v) is 6.40. The Bertz CT molecular complexity index is 674. The summed E-state index contributed by atoms with van der Waals surface area (Å²) in [4.78, 5) is 0. The molecule has 6 nitrogen and oxygen atoms in total. The third-order valence-electron chi connectivity index (χ3n) is 4.38. The molecule has 3 rings (SSSR count). The molecule has 1 aliphatic heterocycles. The molecule has 1 fully saturated rings. The van der Waals surface area contributed by atoms with Gasteiger partial charge in [-0.15, -0.1) is 0 Å². The summed E-state index contributed by atoms with van der Waals surface area (Å²) >= 11 is 0. The molecule has 1 aliphatic rings. The van der Waals surface area contributed by atoms with Gasteiger partial charge in [-0.2, -0.15) is 0 Å². The van der Waals surface area contributed by atoms with Crippen molar-refractivity contribution in [2.45, 2.75) is 44.2 Å². The van der Waals surface area contributed by atoms with Crippen LogP contribution in [0.3, 0.4) is 0 Å². The molecule has 2 aromatic carbocycles. The van der Waals surface area contributed by atoms with E-state index in [1.807, 2.05) is 37.3 Å². The van der Waals surface area contributed by atoms with Gasteiger partial charge < -0.3 is 29.5 Å². The number of rotatable bonds is 6. The maximum absolute atomic E-state index is 10.6. The SMILES string of the molecule is Cc1ccc(CO[C@@H]2[C@@H](O)[C@H](Oc3ccccc3)O[C@H](CO)[C@H]2O)cc1. The molecule has 0 bridgehead atoms. The molecule has 0 aromatic heterocycles. The average Bonchev–Trinajstić information content (AvgIpc) is 2.66. The van der Waals surface area contributed by atoms with E-state index < -0.39 is 37.3 Å². The number of ether oxygens (including phenoxy) is 3. The van der Waals surface area contributed by atoms with Crippen molar-refractivity contribution in [2.24, 2.45) is 0 Å². The molecule has 6 heteroatoms. The Labute approximate surface area is 152 Å². The first-order valence-electron chi connectivity index (χ1n) is 8.60. The summed E-state index contributed by atoms with van der Waals surface area (Å²) in [7, 11) is 0. The quantitative estimate of drug-likeness (QED) is 0.722. The molecule has 0 aliphatic carbocycles. The highest BCUT2D eigenvalue weighted by Crippen LogP contribution is 2.26. The van der Waals surface area contributed by atoms with Gasteiger partial charge >= 0.3 is 0 Å². The van der Waals surface area contributed by atoms with Gasteiger partial charge in [-0.3, -0.25) is 0 Å². The lowest BCUT2D eigenvalue weighted by Crippen LogP contribution is -2.60. The molecule has 5 atom stereocenters. The summed E-state index contributed by atoms with van der Waals surface area (Å²) in [6.45, 7) is 1.80. The molecule has 0 amide bonds.